The normalized spacial score (nSPS) is 14.7. The van der Waals surface area contributed by atoms with Gasteiger partial charge in [0.15, 0.2) is 0 Å². The minimum Gasteiger partial charge on any atom is -0.515 e. The molecule has 0 bridgehead atoms. The fourth-order valence-electron chi connectivity index (χ4n) is 1.73. The van der Waals surface area contributed by atoms with Crippen LogP contribution in [0.2, 0.25) is 0 Å². The lowest BCUT2D eigenvalue weighted by Gasteiger charge is -2.26. The van der Waals surface area contributed by atoms with E-state index in [-0.39, 0.29) is 23.1 Å². The molecule has 0 spiro atoms. The molecule has 4 nitrogen and oxygen atoms in total. The first-order valence-corrected chi connectivity index (χ1v) is 7.10. The van der Waals surface area contributed by atoms with Gasteiger partial charge in [-0.3, -0.25) is 4.79 Å². The lowest BCUT2D eigenvalue weighted by atomic mass is 9.52. The van der Waals surface area contributed by atoms with Crippen LogP contribution in [-0.2, 0) is 0 Å². The van der Waals surface area contributed by atoms with Crippen molar-refractivity contribution in [2.24, 2.45) is 0 Å². The molecular weight excluding hydrogens is 356 g/mol. The van der Waals surface area contributed by atoms with Crippen molar-refractivity contribution < 1.29 is 23.0 Å². The number of nitrogens with one attached hydrogen (secondary N) is 1. The molecule has 1 amide bonds. The van der Waals surface area contributed by atoms with E-state index in [1.165, 1.54) is 12.1 Å². The van der Waals surface area contributed by atoms with Crippen LogP contribution in [0.4, 0.5) is 8.78 Å². The molecule has 0 aromatic heterocycles. The van der Waals surface area contributed by atoms with Crippen molar-refractivity contribution in [3.63, 3.8) is 0 Å². The van der Waals surface area contributed by atoms with Gasteiger partial charge in [-0.15, -0.1) is 0 Å². The molecule has 2 rings (SSSR count). The van der Waals surface area contributed by atoms with E-state index in [2.05, 4.69) is 26.0 Å². The topological polar surface area (TPSA) is 47.6 Å². The lowest BCUT2D eigenvalue weighted by molar-refractivity contribution is -0.0503. The van der Waals surface area contributed by atoms with E-state index in [9.17, 15) is 13.6 Å². The Bertz CT molecular complexity index is 579. The van der Waals surface area contributed by atoms with Crippen molar-refractivity contribution >= 4 is 45.4 Å². The number of benzene rings is 1. The fourth-order valence-corrected chi connectivity index (χ4v) is 2.14. The Balaban J connectivity index is 2.43. The fraction of sp³-hybridized carbons (Fsp3) is 0.417. The molecule has 0 unspecified atom stereocenters. The zero-order chi connectivity index (χ0) is 16.5. The monoisotopic (exact) mass is 365 g/mol. The first kappa shape index (κ1) is 17.2. The Morgan fingerprint density at radius 3 is 2.41 bits per heavy atom. The van der Waals surface area contributed by atoms with Gasteiger partial charge in [0.25, 0.3) is 5.91 Å². The van der Waals surface area contributed by atoms with Gasteiger partial charge >= 0.3 is 6.61 Å². The van der Waals surface area contributed by atoms with Gasteiger partial charge in [-0.05, 0) is 30.3 Å². The molecule has 1 aliphatic carbocycles. The third kappa shape index (κ3) is 4.93. The van der Waals surface area contributed by atoms with Crippen LogP contribution in [0.3, 0.4) is 0 Å². The van der Waals surface area contributed by atoms with Crippen LogP contribution in [0.1, 0.15) is 23.2 Å². The number of rotatable bonds is 6. The quantitative estimate of drug-likeness (QED) is 0.776. The summed E-state index contributed by atoms with van der Waals surface area (Å²) < 4.78 is 34.9. The summed E-state index contributed by atoms with van der Waals surface area (Å²) in [6.45, 7) is -3.12. The molecule has 1 aromatic carbocycles. The van der Waals surface area contributed by atoms with E-state index < -0.39 is 17.8 Å². The van der Waals surface area contributed by atoms with Crippen LogP contribution < -0.4 is 14.8 Å². The lowest BCUT2D eigenvalue weighted by Crippen LogP contribution is -2.38. The van der Waals surface area contributed by atoms with Crippen molar-refractivity contribution in [1.82, 2.24) is 5.32 Å². The predicted octanol–water partition coefficient (Wildman–Crippen LogP) is 1.44. The maximum atomic E-state index is 12.6. The third-order valence-electron chi connectivity index (χ3n) is 2.67. The number of hydrogen-bond donors (Lipinski definition) is 1. The van der Waals surface area contributed by atoms with E-state index in [1.54, 1.807) is 0 Å². The van der Waals surface area contributed by atoms with Gasteiger partial charge in [0.2, 0.25) is 0 Å². The molecule has 1 N–H and O–H groups in total. The molecule has 0 heterocycles. The highest BCUT2D eigenvalue weighted by molar-refractivity contribution is 9.10. The van der Waals surface area contributed by atoms with Crippen molar-refractivity contribution in [2.45, 2.75) is 30.8 Å². The molecule has 110 valence electrons. The van der Waals surface area contributed by atoms with Crippen LogP contribution in [0, 0.1) is 0 Å². The summed E-state index contributed by atoms with van der Waals surface area (Å²) in [6.07, 6.45) is 1.64. The second kappa shape index (κ2) is 6.52. The smallest absolute Gasteiger partial charge is 0.387 e. The van der Waals surface area contributed by atoms with Crippen LogP contribution in [0.5, 0.6) is 11.5 Å². The number of halogens is 3. The molecule has 0 atom stereocenters. The molecule has 0 saturated heterocycles. The second-order valence-corrected chi connectivity index (χ2v) is 5.77. The maximum absolute atomic E-state index is 12.6. The molecule has 1 aliphatic rings. The van der Waals surface area contributed by atoms with E-state index >= 15 is 0 Å². The van der Waals surface area contributed by atoms with Gasteiger partial charge in [0, 0.05) is 10.5 Å². The summed E-state index contributed by atoms with van der Waals surface area (Å²) in [7, 11) is 16.0. The molecule has 10 heteroatoms. The molecule has 0 aliphatic heterocycles. The molecule has 6 radical (unpaired) electrons. The van der Waals surface area contributed by atoms with Crippen LogP contribution >= 0.6 is 15.9 Å². The Labute approximate surface area is 138 Å². The zero-order valence-electron chi connectivity index (χ0n) is 11.3. The van der Waals surface area contributed by atoms with Crippen molar-refractivity contribution in [3.8, 4) is 11.5 Å². The molecular formula is C12H9B3BrF2NO3. The zero-order valence-corrected chi connectivity index (χ0v) is 12.9. The van der Waals surface area contributed by atoms with Gasteiger partial charge in [0.1, 0.15) is 40.6 Å². The Morgan fingerprint density at radius 2 is 1.91 bits per heavy atom. The number of ether oxygens (including phenoxy) is 2. The third-order valence-corrected chi connectivity index (χ3v) is 3.13. The highest BCUT2D eigenvalue weighted by Gasteiger charge is 2.29. The van der Waals surface area contributed by atoms with E-state index in [0.29, 0.717) is 4.47 Å². The van der Waals surface area contributed by atoms with Gasteiger partial charge < -0.3 is 14.8 Å². The van der Waals surface area contributed by atoms with Crippen molar-refractivity contribution in [1.29, 1.82) is 0 Å². The predicted molar refractivity (Wildman–Crippen MR) is 81.9 cm³/mol. The number of carbonyl (C=O) groups is 1. The van der Waals surface area contributed by atoms with E-state index in [4.69, 9.17) is 28.3 Å². The molecule has 1 saturated carbocycles. The summed E-state index contributed by atoms with van der Waals surface area (Å²) in [5.74, 6) is -1.18. The van der Waals surface area contributed by atoms with Gasteiger partial charge in [-0.25, -0.2) is 0 Å². The van der Waals surface area contributed by atoms with Crippen molar-refractivity contribution in [3.05, 3.63) is 22.2 Å². The SMILES string of the molecule is [B]C([B])([B])Oc1cc(Br)cc(OC(F)F)c1C(=O)NC1CC1. The minimum atomic E-state index is -3.12. The minimum absolute atomic E-state index is 0.00165. The first-order chi connectivity index (χ1) is 10.2. The summed E-state index contributed by atoms with van der Waals surface area (Å²) in [4.78, 5) is 12.3. The summed E-state index contributed by atoms with van der Waals surface area (Å²) in [5.41, 5.74) is -0.249. The number of amides is 1. The van der Waals surface area contributed by atoms with E-state index in [0.717, 1.165) is 12.8 Å². The van der Waals surface area contributed by atoms with Crippen LogP contribution in [0.15, 0.2) is 16.6 Å². The Kier molecular flexibility index (Phi) is 5.09. The summed E-state index contributed by atoms with van der Waals surface area (Å²) in [5, 5.41) is 0.562. The largest absolute Gasteiger partial charge is 0.515 e. The number of alkyl halides is 2. The molecule has 22 heavy (non-hydrogen) atoms. The van der Waals surface area contributed by atoms with Crippen LogP contribution in [-0.4, -0.2) is 47.4 Å². The van der Waals surface area contributed by atoms with Crippen LogP contribution in [0.25, 0.3) is 0 Å². The van der Waals surface area contributed by atoms with Gasteiger partial charge in [-0.1, -0.05) is 15.9 Å². The maximum Gasteiger partial charge on any atom is 0.387 e. The van der Waals surface area contributed by atoms with Gasteiger partial charge in [-0.2, -0.15) is 8.78 Å². The molecule has 1 fully saturated rings. The summed E-state index contributed by atoms with van der Waals surface area (Å²) >= 11 is 3.10. The second-order valence-electron chi connectivity index (χ2n) is 4.86. The number of hydrogen-bond acceptors (Lipinski definition) is 3. The summed E-state index contributed by atoms with van der Waals surface area (Å²) in [6, 6.07) is 2.55. The standard InChI is InChI=1S/C12H9B3BrF2NO3/c13-12(14,15)22-8-4-5(16)3-7(21-11(17)18)9(8)10(20)19-6-1-2-6/h3-4,6,11H,1-2H2,(H,19,20). The molecule has 1 aromatic rings. The Morgan fingerprint density at radius 1 is 1.32 bits per heavy atom. The number of carbonyl (C=O) groups excluding carboxylic acids is 1. The first-order valence-electron chi connectivity index (χ1n) is 6.30. The van der Waals surface area contributed by atoms with E-state index in [1.807, 2.05) is 0 Å². The Hall–Kier alpha value is -1.18. The van der Waals surface area contributed by atoms with Gasteiger partial charge in [0.05, 0.1) is 0 Å². The highest BCUT2D eigenvalue weighted by Crippen LogP contribution is 2.35. The highest BCUT2D eigenvalue weighted by atomic mass is 79.9. The average molecular weight is 366 g/mol. The average Bonchev–Trinajstić information content (AvgIpc) is 3.08. The van der Waals surface area contributed by atoms with Crippen molar-refractivity contribution in [2.75, 3.05) is 0 Å².